The molecule has 4 atom stereocenters. The molecule has 4 unspecified atom stereocenters. The van der Waals surface area contributed by atoms with Crippen LogP contribution in [0.1, 0.15) is 16.7 Å². The zero-order valence-electron chi connectivity index (χ0n) is 20.7. The van der Waals surface area contributed by atoms with Crippen molar-refractivity contribution < 1.29 is 18.9 Å². The molecule has 190 valence electrons. The Labute approximate surface area is 223 Å². The molecule has 5 heteroatoms. The molecule has 0 aromatic heterocycles. The lowest BCUT2D eigenvalue weighted by atomic mass is 10.1. The van der Waals surface area contributed by atoms with Gasteiger partial charge in [0.05, 0.1) is 26.4 Å². The number of hydrogen-bond acceptors (Lipinski definition) is 5. The second-order valence-electron chi connectivity index (χ2n) is 9.00. The minimum Gasteiger partial charge on any atom is -0.374 e. The van der Waals surface area contributed by atoms with E-state index in [2.05, 4.69) is 48.5 Å². The summed E-state index contributed by atoms with van der Waals surface area (Å²) in [4.78, 5) is 1.13. The van der Waals surface area contributed by atoms with Crippen LogP contribution in [-0.4, -0.2) is 30.4 Å². The fraction of sp³-hybridized carbons (Fsp3) is 0.250. The van der Waals surface area contributed by atoms with Crippen molar-refractivity contribution in [2.45, 2.75) is 48.5 Å². The topological polar surface area (TPSA) is 36.9 Å². The summed E-state index contributed by atoms with van der Waals surface area (Å²) in [5, 5.41) is 0. The van der Waals surface area contributed by atoms with Crippen molar-refractivity contribution in [3.8, 4) is 0 Å². The summed E-state index contributed by atoms with van der Waals surface area (Å²) in [6, 6.07) is 41.0. The standard InChI is InChI=1S/C32H32O4S/c1-5-13-25(14-6-1)21-33-24-29-30(34-22-26-15-7-2-8-16-26)31(35-23-27-17-9-3-10-18-27)32(36-29)37-28-19-11-4-12-20-28/h1-20,29-32H,21-24H2. The van der Waals surface area contributed by atoms with Gasteiger partial charge < -0.3 is 18.9 Å². The number of hydrogen-bond donors (Lipinski definition) is 0. The van der Waals surface area contributed by atoms with E-state index < -0.39 is 0 Å². The second kappa shape index (κ2) is 13.6. The first-order chi connectivity index (χ1) is 18.3. The molecule has 1 aliphatic rings. The molecule has 5 rings (SSSR count). The van der Waals surface area contributed by atoms with E-state index >= 15 is 0 Å². The van der Waals surface area contributed by atoms with Gasteiger partial charge in [0.15, 0.2) is 0 Å². The van der Waals surface area contributed by atoms with Gasteiger partial charge in [-0.25, -0.2) is 0 Å². The summed E-state index contributed by atoms with van der Waals surface area (Å²) in [7, 11) is 0. The molecular weight excluding hydrogens is 480 g/mol. The van der Waals surface area contributed by atoms with Gasteiger partial charge in [-0.1, -0.05) is 121 Å². The molecule has 37 heavy (non-hydrogen) atoms. The number of thioether (sulfide) groups is 1. The van der Waals surface area contributed by atoms with Crippen LogP contribution < -0.4 is 0 Å². The number of benzene rings is 4. The smallest absolute Gasteiger partial charge is 0.137 e. The highest BCUT2D eigenvalue weighted by Gasteiger charge is 2.47. The average Bonchev–Trinajstić information content (AvgIpc) is 3.28. The van der Waals surface area contributed by atoms with Crippen LogP contribution in [0.4, 0.5) is 0 Å². The van der Waals surface area contributed by atoms with Gasteiger partial charge in [0.25, 0.3) is 0 Å². The van der Waals surface area contributed by atoms with Gasteiger partial charge in [0.1, 0.15) is 23.7 Å². The van der Waals surface area contributed by atoms with Crippen LogP contribution in [0.25, 0.3) is 0 Å². The molecule has 4 aromatic rings. The Kier molecular flexibility index (Phi) is 9.43. The van der Waals surface area contributed by atoms with Gasteiger partial charge in [-0.2, -0.15) is 0 Å². The summed E-state index contributed by atoms with van der Waals surface area (Å²) < 4.78 is 25.8. The summed E-state index contributed by atoms with van der Waals surface area (Å²) in [5.74, 6) is 0. The minimum absolute atomic E-state index is 0.225. The van der Waals surface area contributed by atoms with E-state index in [9.17, 15) is 0 Å². The van der Waals surface area contributed by atoms with Gasteiger partial charge in [-0.05, 0) is 28.8 Å². The molecule has 0 amide bonds. The second-order valence-corrected chi connectivity index (χ2v) is 10.2. The maximum atomic E-state index is 6.59. The maximum Gasteiger partial charge on any atom is 0.137 e. The largest absolute Gasteiger partial charge is 0.374 e. The van der Waals surface area contributed by atoms with Crippen LogP contribution in [0.3, 0.4) is 0 Å². The van der Waals surface area contributed by atoms with E-state index in [-0.39, 0.29) is 23.7 Å². The van der Waals surface area contributed by atoms with E-state index in [1.165, 1.54) is 0 Å². The van der Waals surface area contributed by atoms with Crippen molar-refractivity contribution in [2.24, 2.45) is 0 Å². The quantitative estimate of drug-likeness (QED) is 0.207. The molecule has 1 heterocycles. The fourth-order valence-corrected chi connectivity index (χ4v) is 5.48. The van der Waals surface area contributed by atoms with Gasteiger partial charge in [0, 0.05) is 4.90 Å². The molecule has 0 saturated carbocycles. The number of rotatable bonds is 12. The fourth-order valence-electron chi connectivity index (χ4n) is 4.33. The van der Waals surface area contributed by atoms with Crippen molar-refractivity contribution in [2.75, 3.05) is 6.61 Å². The highest BCUT2D eigenvalue weighted by molar-refractivity contribution is 7.99. The van der Waals surface area contributed by atoms with E-state index in [0.29, 0.717) is 26.4 Å². The molecule has 4 aromatic carbocycles. The zero-order valence-corrected chi connectivity index (χ0v) is 21.5. The first-order valence-electron chi connectivity index (χ1n) is 12.6. The maximum absolute atomic E-state index is 6.59. The van der Waals surface area contributed by atoms with Crippen molar-refractivity contribution in [3.05, 3.63) is 138 Å². The van der Waals surface area contributed by atoms with Crippen molar-refractivity contribution in [1.82, 2.24) is 0 Å². The molecule has 1 saturated heterocycles. The van der Waals surface area contributed by atoms with Crippen LogP contribution >= 0.6 is 11.8 Å². The Morgan fingerprint density at radius 3 is 1.54 bits per heavy atom. The highest BCUT2D eigenvalue weighted by atomic mass is 32.2. The Balaban J connectivity index is 1.33. The lowest BCUT2D eigenvalue weighted by molar-refractivity contribution is -0.0895. The Morgan fingerprint density at radius 2 is 1.00 bits per heavy atom. The Hall–Kier alpha value is -2.93. The Morgan fingerprint density at radius 1 is 0.541 bits per heavy atom. The minimum atomic E-state index is -0.277. The van der Waals surface area contributed by atoms with E-state index in [1.807, 2.05) is 72.8 Å². The summed E-state index contributed by atoms with van der Waals surface area (Å²) in [6.45, 7) is 1.92. The van der Waals surface area contributed by atoms with Gasteiger partial charge in [0.2, 0.25) is 0 Å². The molecule has 0 bridgehead atoms. The van der Waals surface area contributed by atoms with Crippen molar-refractivity contribution in [3.63, 3.8) is 0 Å². The average molecular weight is 513 g/mol. The first kappa shape index (κ1) is 25.7. The third-order valence-electron chi connectivity index (χ3n) is 6.23. The predicted molar refractivity (Wildman–Crippen MR) is 147 cm³/mol. The predicted octanol–water partition coefficient (Wildman–Crippen LogP) is 6.89. The lowest BCUT2D eigenvalue weighted by Crippen LogP contribution is -2.38. The van der Waals surface area contributed by atoms with Crippen LogP contribution in [0.2, 0.25) is 0 Å². The number of ether oxygens (including phenoxy) is 4. The molecule has 1 fully saturated rings. The molecule has 1 aliphatic heterocycles. The summed E-state index contributed by atoms with van der Waals surface area (Å²) in [5.41, 5.74) is 3.15. The highest BCUT2D eigenvalue weighted by Crippen LogP contribution is 2.38. The van der Waals surface area contributed by atoms with Crippen molar-refractivity contribution >= 4 is 11.8 Å². The van der Waals surface area contributed by atoms with Gasteiger partial charge >= 0.3 is 0 Å². The molecule has 0 N–H and O–H groups in total. The monoisotopic (exact) mass is 512 g/mol. The van der Waals surface area contributed by atoms with Crippen molar-refractivity contribution in [1.29, 1.82) is 0 Å². The Bertz CT molecular complexity index is 1170. The lowest BCUT2D eigenvalue weighted by Gasteiger charge is -2.25. The summed E-state index contributed by atoms with van der Waals surface area (Å²) >= 11 is 1.67. The normalized spacial score (nSPS) is 21.2. The SMILES string of the molecule is c1ccc(COCC2OC(Sc3ccccc3)C(OCc3ccccc3)C2OCc2ccccc2)cc1. The molecule has 0 aliphatic carbocycles. The first-order valence-corrected chi connectivity index (χ1v) is 13.5. The molecule has 0 spiro atoms. The molecular formula is C32H32O4S. The van der Waals surface area contributed by atoms with E-state index in [0.717, 1.165) is 21.6 Å². The van der Waals surface area contributed by atoms with Crippen LogP contribution in [0.15, 0.2) is 126 Å². The molecule has 4 nitrogen and oxygen atoms in total. The van der Waals surface area contributed by atoms with Crippen LogP contribution in [-0.2, 0) is 38.8 Å². The van der Waals surface area contributed by atoms with Gasteiger partial charge in [-0.15, -0.1) is 0 Å². The molecule has 0 radical (unpaired) electrons. The zero-order chi connectivity index (χ0) is 25.1. The summed E-state index contributed by atoms with van der Waals surface area (Å²) in [6.07, 6.45) is -0.797. The van der Waals surface area contributed by atoms with Gasteiger partial charge in [-0.3, -0.25) is 0 Å². The van der Waals surface area contributed by atoms with Crippen LogP contribution in [0, 0.1) is 0 Å². The third kappa shape index (κ3) is 7.54. The van der Waals surface area contributed by atoms with E-state index in [1.54, 1.807) is 11.8 Å². The van der Waals surface area contributed by atoms with Crippen LogP contribution in [0.5, 0.6) is 0 Å². The van der Waals surface area contributed by atoms with E-state index in [4.69, 9.17) is 18.9 Å². The third-order valence-corrected chi connectivity index (χ3v) is 7.38.